The summed E-state index contributed by atoms with van der Waals surface area (Å²) in [6, 6.07) is 4.06. The Kier molecular flexibility index (Phi) is 3.92. The minimum atomic E-state index is -0.108. The Morgan fingerprint density at radius 3 is 3.05 bits per heavy atom. The number of aromatic amines is 1. The minimum absolute atomic E-state index is 0.107. The number of carbonyl (C=O) groups excluding carboxylic acids is 1. The Morgan fingerprint density at radius 2 is 2.19 bits per heavy atom. The van der Waals surface area contributed by atoms with Crippen LogP contribution in [-0.4, -0.2) is 28.5 Å². The van der Waals surface area contributed by atoms with Gasteiger partial charge in [-0.3, -0.25) is 10.1 Å². The Balaban J connectivity index is 1.73. The molecule has 1 fully saturated rings. The molecule has 112 valence electrons. The van der Waals surface area contributed by atoms with Crippen LogP contribution in [0.2, 0.25) is 0 Å². The van der Waals surface area contributed by atoms with E-state index in [-0.39, 0.29) is 11.9 Å². The first-order valence-electron chi connectivity index (χ1n) is 7.61. The van der Waals surface area contributed by atoms with Crippen LogP contribution in [0.1, 0.15) is 36.2 Å². The third kappa shape index (κ3) is 2.93. The normalized spacial score (nSPS) is 19.5. The van der Waals surface area contributed by atoms with Gasteiger partial charge in [0.15, 0.2) is 0 Å². The van der Waals surface area contributed by atoms with Crippen LogP contribution in [0, 0.1) is 13.8 Å². The monoisotopic (exact) mass is 286 g/mol. The number of benzene rings is 1. The maximum absolute atomic E-state index is 11.9. The van der Waals surface area contributed by atoms with Crippen LogP contribution >= 0.6 is 0 Å². The molecule has 0 unspecified atom stereocenters. The van der Waals surface area contributed by atoms with Crippen LogP contribution in [0.25, 0.3) is 11.0 Å². The van der Waals surface area contributed by atoms with Gasteiger partial charge in [-0.1, -0.05) is 6.07 Å². The van der Waals surface area contributed by atoms with Gasteiger partial charge in [-0.2, -0.15) is 0 Å². The highest BCUT2D eigenvalue weighted by Crippen LogP contribution is 2.19. The molecule has 1 aromatic heterocycles. The zero-order valence-corrected chi connectivity index (χ0v) is 12.6. The Labute approximate surface area is 124 Å². The summed E-state index contributed by atoms with van der Waals surface area (Å²) in [6.07, 6.45) is 3.03. The molecule has 2 aromatic rings. The quantitative estimate of drug-likeness (QED) is 0.807. The average molecular weight is 286 g/mol. The van der Waals surface area contributed by atoms with E-state index in [1.54, 1.807) is 0 Å². The van der Waals surface area contributed by atoms with E-state index < -0.39 is 0 Å². The molecule has 1 atom stereocenters. The van der Waals surface area contributed by atoms with E-state index in [0.29, 0.717) is 6.54 Å². The number of nitrogens with zero attached hydrogens (tertiary/aromatic N) is 1. The second kappa shape index (κ2) is 5.85. The fourth-order valence-electron chi connectivity index (χ4n) is 2.80. The zero-order chi connectivity index (χ0) is 14.8. The van der Waals surface area contributed by atoms with Crippen LogP contribution in [0.4, 0.5) is 0 Å². The third-order valence-corrected chi connectivity index (χ3v) is 4.28. The number of rotatable bonds is 3. The van der Waals surface area contributed by atoms with Gasteiger partial charge in [-0.25, -0.2) is 4.98 Å². The number of aryl methyl sites for hydroxylation is 2. The first-order chi connectivity index (χ1) is 10.1. The van der Waals surface area contributed by atoms with E-state index in [4.69, 9.17) is 0 Å². The number of imidazole rings is 1. The molecule has 3 N–H and O–H groups in total. The molecule has 1 aliphatic rings. The lowest BCUT2D eigenvalue weighted by molar-refractivity contribution is -0.122. The Hall–Kier alpha value is -1.88. The van der Waals surface area contributed by atoms with E-state index in [0.717, 1.165) is 42.7 Å². The van der Waals surface area contributed by atoms with Crippen molar-refractivity contribution in [2.45, 2.75) is 45.7 Å². The Bertz CT molecular complexity index is 662. The highest BCUT2D eigenvalue weighted by molar-refractivity contribution is 5.82. The maximum Gasteiger partial charge on any atom is 0.237 e. The maximum atomic E-state index is 11.9. The van der Waals surface area contributed by atoms with Gasteiger partial charge in [0.1, 0.15) is 5.82 Å². The molecule has 1 amide bonds. The summed E-state index contributed by atoms with van der Waals surface area (Å²) in [7, 11) is 0. The smallest absolute Gasteiger partial charge is 0.237 e. The third-order valence-electron chi connectivity index (χ3n) is 4.28. The van der Waals surface area contributed by atoms with Crippen molar-refractivity contribution in [1.29, 1.82) is 0 Å². The molecule has 5 heteroatoms. The molecular formula is C16H22N4O. The molecule has 1 aromatic carbocycles. The second-order valence-electron chi connectivity index (χ2n) is 5.81. The van der Waals surface area contributed by atoms with Crippen molar-refractivity contribution in [3.63, 3.8) is 0 Å². The predicted octanol–water partition coefficient (Wildman–Crippen LogP) is 1.94. The molecule has 21 heavy (non-hydrogen) atoms. The van der Waals surface area contributed by atoms with Crippen molar-refractivity contribution in [2.75, 3.05) is 6.54 Å². The van der Waals surface area contributed by atoms with Gasteiger partial charge in [0.25, 0.3) is 0 Å². The molecule has 3 rings (SSSR count). The molecule has 2 heterocycles. The number of hydrogen-bond acceptors (Lipinski definition) is 3. The largest absolute Gasteiger partial charge is 0.355 e. The van der Waals surface area contributed by atoms with Crippen LogP contribution < -0.4 is 10.6 Å². The molecule has 0 radical (unpaired) electrons. The Morgan fingerprint density at radius 1 is 1.33 bits per heavy atom. The van der Waals surface area contributed by atoms with Gasteiger partial charge in [0, 0.05) is 6.54 Å². The van der Waals surface area contributed by atoms with Gasteiger partial charge in [0.05, 0.1) is 23.6 Å². The number of H-pyrrole nitrogens is 1. The van der Waals surface area contributed by atoms with E-state index in [9.17, 15) is 4.79 Å². The van der Waals surface area contributed by atoms with Crippen molar-refractivity contribution in [2.24, 2.45) is 0 Å². The molecule has 1 saturated heterocycles. The molecule has 0 saturated carbocycles. The number of aromatic nitrogens is 2. The highest BCUT2D eigenvalue weighted by atomic mass is 16.2. The van der Waals surface area contributed by atoms with Crippen molar-refractivity contribution in [1.82, 2.24) is 20.6 Å². The summed E-state index contributed by atoms with van der Waals surface area (Å²) in [5.74, 6) is 0.992. The zero-order valence-electron chi connectivity index (χ0n) is 12.6. The van der Waals surface area contributed by atoms with Crippen molar-refractivity contribution in [3.8, 4) is 0 Å². The number of amides is 1. The van der Waals surface area contributed by atoms with E-state index >= 15 is 0 Å². The predicted molar refractivity (Wildman–Crippen MR) is 83.1 cm³/mol. The topological polar surface area (TPSA) is 69.8 Å². The first kappa shape index (κ1) is 14.1. The van der Waals surface area contributed by atoms with Gasteiger partial charge < -0.3 is 10.3 Å². The highest BCUT2D eigenvalue weighted by Gasteiger charge is 2.20. The summed E-state index contributed by atoms with van der Waals surface area (Å²) in [4.78, 5) is 19.9. The minimum Gasteiger partial charge on any atom is -0.355 e. The van der Waals surface area contributed by atoms with E-state index in [1.165, 1.54) is 11.1 Å². The molecular weight excluding hydrogens is 264 g/mol. The number of nitrogens with one attached hydrogen (secondary N) is 3. The van der Waals surface area contributed by atoms with Gasteiger partial charge in [-0.05, 0) is 50.3 Å². The fourth-order valence-corrected chi connectivity index (χ4v) is 2.80. The van der Waals surface area contributed by atoms with Crippen LogP contribution in [0.15, 0.2) is 12.1 Å². The number of hydrogen-bond donors (Lipinski definition) is 3. The molecule has 5 nitrogen and oxygen atoms in total. The van der Waals surface area contributed by atoms with Gasteiger partial charge in [-0.15, -0.1) is 0 Å². The lowest BCUT2D eigenvalue weighted by atomic mass is 10.1. The fraction of sp³-hybridized carbons (Fsp3) is 0.500. The van der Waals surface area contributed by atoms with Crippen molar-refractivity contribution < 1.29 is 4.79 Å². The van der Waals surface area contributed by atoms with Crippen molar-refractivity contribution >= 4 is 16.9 Å². The first-order valence-corrected chi connectivity index (χ1v) is 7.61. The molecule has 0 spiro atoms. The van der Waals surface area contributed by atoms with E-state index in [1.807, 2.05) is 0 Å². The number of carbonyl (C=O) groups is 1. The second-order valence-corrected chi connectivity index (χ2v) is 5.81. The summed E-state index contributed by atoms with van der Waals surface area (Å²) in [5.41, 5.74) is 4.54. The van der Waals surface area contributed by atoms with Gasteiger partial charge in [0.2, 0.25) is 5.91 Å². The van der Waals surface area contributed by atoms with Crippen LogP contribution in [0.5, 0.6) is 0 Å². The lowest BCUT2D eigenvalue weighted by Gasteiger charge is -2.13. The molecule has 1 aliphatic heterocycles. The average Bonchev–Trinajstić information content (AvgIpc) is 2.78. The van der Waals surface area contributed by atoms with Crippen LogP contribution in [0.3, 0.4) is 0 Å². The lowest BCUT2D eigenvalue weighted by Crippen LogP contribution is -2.42. The molecule has 0 bridgehead atoms. The van der Waals surface area contributed by atoms with E-state index in [2.05, 4.69) is 46.6 Å². The number of fused-ring (bicyclic) bond motifs is 1. The van der Waals surface area contributed by atoms with Crippen LogP contribution in [-0.2, 0) is 11.3 Å². The standard InChI is InChI=1S/C16H22N4O/c1-10-6-7-12-15(11(10)2)20-14(19-12)9-18-13-5-3-4-8-17-16(13)21/h6-7,13,18H,3-5,8-9H2,1-2H3,(H,17,21)(H,19,20)/t13-/m0/s1. The summed E-state index contributed by atoms with van der Waals surface area (Å²) in [5, 5.41) is 6.26. The summed E-state index contributed by atoms with van der Waals surface area (Å²) in [6.45, 7) is 5.57. The molecule has 0 aliphatic carbocycles. The van der Waals surface area contributed by atoms with Gasteiger partial charge >= 0.3 is 0 Å². The SMILES string of the molecule is Cc1ccc2[nH]c(CN[C@H]3CCCCNC3=O)nc2c1C. The van der Waals surface area contributed by atoms with Crippen molar-refractivity contribution in [3.05, 3.63) is 29.1 Å². The summed E-state index contributed by atoms with van der Waals surface area (Å²) >= 11 is 0. The summed E-state index contributed by atoms with van der Waals surface area (Å²) < 4.78 is 0.